The second kappa shape index (κ2) is 7.04. The third-order valence-corrected chi connectivity index (χ3v) is 3.34. The maximum atomic E-state index is 12.9. The number of carboxylic acids is 1. The molecule has 1 aromatic carbocycles. The molecule has 2 N–H and O–H groups in total. The molecule has 1 unspecified atom stereocenters. The van der Waals surface area contributed by atoms with E-state index in [-0.39, 0.29) is 36.3 Å². The van der Waals surface area contributed by atoms with E-state index in [0.717, 1.165) is 0 Å². The molecule has 0 spiro atoms. The lowest BCUT2D eigenvalue weighted by Crippen LogP contribution is -2.30. The molecule has 0 fully saturated rings. The highest BCUT2D eigenvalue weighted by molar-refractivity contribution is 5.93. The monoisotopic (exact) mass is 319 g/mol. The Kier molecular flexibility index (Phi) is 5.10. The number of carbonyl (C=O) groups excluding carboxylic acids is 1. The summed E-state index contributed by atoms with van der Waals surface area (Å²) in [7, 11) is 0. The average molecular weight is 319 g/mol. The molecular weight excluding hydrogens is 301 g/mol. The van der Waals surface area contributed by atoms with Crippen LogP contribution in [0.2, 0.25) is 0 Å². The van der Waals surface area contributed by atoms with Crippen LogP contribution in [0, 0.1) is 18.7 Å². The first-order valence-corrected chi connectivity index (χ1v) is 7.19. The summed E-state index contributed by atoms with van der Waals surface area (Å²) in [4.78, 5) is 22.8. The van der Waals surface area contributed by atoms with Crippen molar-refractivity contribution < 1.29 is 19.1 Å². The van der Waals surface area contributed by atoms with E-state index < -0.39 is 5.97 Å². The Morgan fingerprint density at radius 3 is 2.61 bits per heavy atom. The summed E-state index contributed by atoms with van der Waals surface area (Å²) in [5.74, 6) is -1.77. The number of nitrogens with one attached hydrogen (secondary N) is 1. The number of hydrogen-bond donors (Lipinski definition) is 2. The van der Waals surface area contributed by atoms with Crippen molar-refractivity contribution >= 4 is 11.9 Å². The highest BCUT2D eigenvalue weighted by atomic mass is 19.1. The number of aryl methyl sites for hydroxylation is 1. The average Bonchev–Trinajstić information content (AvgIpc) is 2.87. The number of hydrogen-bond acceptors (Lipinski definition) is 3. The lowest BCUT2D eigenvalue weighted by Gasteiger charge is -2.09. The van der Waals surface area contributed by atoms with Gasteiger partial charge in [-0.15, -0.1) is 0 Å². The third-order valence-electron chi connectivity index (χ3n) is 3.34. The largest absolute Gasteiger partial charge is 0.481 e. The van der Waals surface area contributed by atoms with Gasteiger partial charge in [0.25, 0.3) is 5.91 Å². The van der Waals surface area contributed by atoms with Crippen LogP contribution in [0.15, 0.2) is 30.5 Å². The van der Waals surface area contributed by atoms with Crippen molar-refractivity contribution in [1.29, 1.82) is 0 Å². The molecule has 1 atom stereocenters. The Labute approximate surface area is 132 Å². The van der Waals surface area contributed by atoms with Crippen LogP contribution in [0.5, 0.6) is 0 Å². The zero-order chi connectivity index (χ0) is 17.0. The zero-order valence-corrected chi connectivity index (χ0v) is 12.9. The first kappa shape index (κ1) is 16.7. The summed E-state index contributed by atoms with van der Waals surface area (Å²) in [5, 5.41) is 15.6. The van der Waals surface area contributed by atoms with Crippen molar-refractivity contribution in [2.75, 3.05) is 6.54 Å². The maximum Gasteiger partial charge on any atom is 0.303 e. The Morgan fingerprint density at radius 2 is 2.00 bits per heavy atom. The number of benzene rings is 1. The molecule has 7 heteroatoms. The Bertz CT molecular complexity index is 710. The maximum absolute atomic E-state index is 12.9. The highest BCUT2D eigenvalue weighted by Crippen LogP contribution is 2.13. The van der Waals surface area contributed by atoms with Crippen molar-refractivity contribution in [1.82, 2.24) is 15.1 Å². The molecule has 1 heterocycles. The van der Waals surface area contributed by atoms with Crippen LogP contribution in [0.25, 0.3) is 5.69 Å². The number of carboxylic acid groups (broad SMARTS) is 1. The number of carbonyl (C=O) groups is 2. The smallest absolute Gasteiger partial charge is 0.303 e. The van der Waals surface area contributed by atoms with Crippen LogP contribution in [-0.2, 0) is 4.79 Å². The molecule has 23 heavy (non-hydrogen) atoms. The van der Waals surface area contributed by atoms with Crippen molar-refractivity contribution in [3.8, 4) is 5.69 Å². The van der Waals surface area contributed by atoms with E-state index in [4.69, 9.17) is 5.11 Å². The summed E-state index contributed by atoms with van der Waals surface area (Å²) in [6.45, 7) is 3.76. The highest BCUT2D eigenvalue weighted by Gasteiger charge is 2.16. The predicted octanol–water partition coefficient (Wildman–Crippen LogP) is 2.16. The van der Waals surface area contributed by atoms with Crippen LogP contribution in [0.4, 0.5) is 4.39 Å². The van der Waals surface area contributed by atoms with Gasteiger partial charge in [0.2, 0.25) is 0 Å². The van der Waals surface area contributed by atoms with Gasteiger partial charge in [0.1, 0.15) is 5.82 Å². The normalized spacial score (nSPS) is 12.0. The van der Waals surface area contributed by atoms with E-state index in [9.17, 15) is 14.0 Å². The molecule has 6 nitrogen and oxygen atoms in total. The molecule has 0 bridgehead atoms. The van der Waals surface area contributed by atoms with E-state index in [2.05, 4.69) is 10.4 Å². The van der Waals surface area contributed by atoms with Gasteiger partial charge in [0, 0.05) is 24.7 Å². The molecule has 0 aliphatic heterocycles. The number of nitrogens with zero attached hydrogens (tertiary/aromatic N) is 2. The van der Waals surface area contributed by atoms with Crippen molar-refractivity contribution in [3.05, 3.63) is 47.5 Å². The van der Waals surface area contributed by atoms with E-state index in [1.807, 2.05) is 0 Å². The zero-order valence-electron chi connectivity index (χ0n) is 12.9. The Hall–Kier alpha value is -2.70. The van der Waals surface area contributed by atoms with Crippen molar-refractivity contribution in [2.45, 2.75) is 20.3 Å². The molecule has 0 aliphatic rings. The van der Waals surface area contributed by atoms with Crippen LogP contribution in [-0.4, -0.2) is 33.3 Å². The number of halogens is 1. The van der Waals surface area contributed by atoms with Crippen LogP contribution < -0.4 is 5.32 Å². The topological polar surface area (TPSA) is 84.2 Å². The summed E-state index contributed by atoms with van der Waals surface area (Å²) >= 11 is 0. The molecule has 122 valence electrons. The fourth-order valence-corrected chi connectivity index (χ4v) is 2.13. The van der Waals surface area contributed by atoms with Crippen LogP contribution in [0.1, 0.15) is 29.4 Å². The van der Waals surface area contributed by atoms with E-state index in [1.165, 1.54) is 16.8 Å². The Balaban J connectivity index is 2.07. The molecule has 0 saturated carbocycles. The van der Waals surface area contributed by atoms with Gasteiger partial charge in [-0.05, 0) is 37.1 Å². The Morgan fingerprint density at radius 1 is 1.35 bits per heavy atom. The predicted molar refractivity (Wildman–Crippen MR) is 82.0 cm³/mol. The molecule has 1 amide bonds. The lowest BCUT2D eigenvalue weighted by atomic mass is 10.1. The molecule has 0 radical (unpaired) electrons. The molecule has 0 saturated heterocycles. The van der Waals surface area contributed by atoms with Gasteiger partial charge in [-0.2, -0.15) is 5.10 Å². The van der Waals surface area contributed by atoms with E-state index in [1.54, 1.807) is 32.2 Å². The first-order valence-electron chi connectivity index (χ1n) is 7.19. The lowest BCUT2D eigenvalue weighted by molar-refractivity contribution is -0.137. The number of aromatic nitrogens is 2. The second-order valence-electron chi connectivity index (χ2n) is 5.49. The fraction of sp³-hybridized carbons (Fsp3) is 0.312. The first-order chi connectivity index (χ1) is 10.9. The fourth-order valence-electron chi connectivity index (χ4n) is 2.13. The third kappa shape index (κ3) is 4.38. The van der Waals surface area contributed by atoms with E-state index >= 15 is 0 Å². The summed E-state index contributed by atoms with van der Waals surface area (Å²) < 4.78 is 14.5. The standard InChI is InChI=1S/C16H18FN3O3/c1-10(7-14(21)22)8-18-16(23)15-11(2)9-20(19-15)13-5-3-12(17)4-6-13/h3-6,9-10H,7-8H2,1-2H3,(H,18,23)(H,21,22). The number of aliphatic carboxylic acids is 1. The summed E-state index contributed by atoms with van der Waals surface area (Å²) in [5.41, 5.74) is 1.59. The van der Waals surface area contributed by atoms with E-state index in [0.29, 0.717) is 11.3 Å². The van der Waals surface area contributed by atoms with Gasteiger partial charge in [0.15, 0.2) is 5.69 Å². The van der Waals surface area contributed by atoms with Gasteiger partial charge in [-0.1, -0.05) is 6.92 Å². The minimum absolute atomic E-state index is 0.0106. The van der Waals surface area contributed by atoms with Gasteiger partial charge >= 0.3 is 5.97 Å². The molecular formula is C16H18FN3O3. The molecule has 2 rings (SSSR count). The number of rotatable bonds is 6. The van der Waals surface area contributed by atoms with Crippen molar-refractivity contribution in [2.24, 2.45) is 5.92 Å². The molecule has 0 aliphatic carbocycles. The minimum Gasteiger partial charge on any atom is -0.481 e. The molecule has 1 aromatic heterocycles. The van der Waals surface area contributed by atoms with Crippen molar-refractivity contribution in [3.63, 3.8) is 0 Å². The summed E-state index contributed by atoms with van der Waals surface area (Å²) in [6, 6.07) is 5.77. The second-order valence-corrected chi connectivity index (χ2v) is 5.49. The van der Waals surface area contributed by atoms with Crippen LogP contribution >= 0.6 is 0 Å². The van der Waals surface area contributed by atoms with Gasteiger partial charge in [0.05, 0.1) is 5.69 Å². The van der Waals surface area contributed by atoms with Gasteiger partial charge < -0.3 is 10.4 Å². The molecule has 2 aromatic rings. The quantitative estimate of drug-likeness (QED) is 0.854. The minimum atomic E-state index is -0.900. The van der Waals surface area contributed by atoms with Gasteiger partial charge in [-0.25, -0.2) is 9.07 Å². The summed E-state index contributed by atoms with van der Waals surface area (Å²) in [6.07, 6.45) is 1.67. The SMILES string of the molecule is Cc1cn(-c2ccc(F)cc2)nc1C(=O)NCC(C)CC(=O)O. The van der Waals surface area contributed by atoms with Gasteiger partial charge in [-0.3, -0.25) is 9.59 Å². The number of amides is 1. The van der Waals surface area contributed by atoms with Crippen LogP contribution in [0.3, 0.4) is 0 Å².